The number of ether oxygens (including phenoxy) is 1. The van der Waals surface area contributed by atoms with Crippen LogP contribution >= 0.6 is 0 Å². The minimum Gasteiger partial charge on any atom is -0.449 e. The van der Waals surface area contributed by atoms with Gasteiger partial charge in [0.15, 0.2) is 0 Å². The average molecular weight is 454 g/mol. The monoisotopic (exact) mass is 453 g/mol. The molecule has 4 rings (SSSR count). The van der Waals surface area contributed by atoms with Crippen molar-refractivity contribution in [2.75, 3.05) is 20.2 Å². The molecule has 1 saturated carbocycles. The lowest BCUT2D eigenvalue weighted by molar-refractivity contribution is 0.0685. The average Bonchev–Trinajstić information content (AvgIpc) is 2.80. The highest BCUT2D eigenvalue weighted by molar-refractivity contribution is 5.76. The fourth-order valence-corrected chi connectivity index (χ4v) is 4.62. The van der Waals surface area contributed by atoms with Crippen molar-refractivity contribution in [2.24, 2.45) is 0 Å². The first-order valence-electron chi connectivity index (χ1n) is 11.8. The number of carbonyl (C=O) groups excluding carboxylic acids is 2. The molecule has 1 heterocycles. The van der Waals surface area contributed by atoms with Crippen molar-refractivity contribution >= 4 is 12.1 Å². The molecule has 1 N–H and O–H groups in total. The summed E-state index contributed by atoms with van der Waals surface area (Å²) in [4.78, 5) is 28.9. The molecular weight excluding hydrogens is 421 g/mol. The number of hydrogen-bond donors (Lipinski definition) is 1. The molecule has 0 aromatic heterocycles. The van der Waals surface area contributed by atoms with Gasteiger partial charge in [-0.25, -0.2) is 14.0 Å². The fourth-order valence-electron chi connectivity index (χ4n) is 4.62. The van der Waals surface area contributed by atoms with E-state index in [9.17, 15) is 14.0 Å². The summed E-state index contributed by atoms with van der Waals surface area (Å²) in [6.07, 6.45) is 3.72. The highest BCUT2D eigenvalue weighted by Crippen LogP contribution is 2.35. The van der Waals surface area contributed by atoms with Gasteiger partial charge in [-0.3, -0.25) is 0 Å². The largest absolute Gasteiger partial charge is 0.449 e. The minimum absolute atomic E-state index is 0.0134. The second-order valence-corrected chi connectivity index (χ2v) is 8.95. The number of benzene rings is 2. The van der Waals surface area contributed by atoms with Crippen LogP contribution in [0.2, 0.25) is 0 Å². The Bertz CT molecular complexity index is 975. The summed E-state index contributed by atoms with van der Waals surface area (Å²) in [6, 6.07) is 14.2. The summed E-state index contributed by atoms with van der Waals surface area (Å²) in [7, 11) is 1.75. The third kappa shape index (κ3) is 5.13. The Morgan fingerprint density at radius 2 is 1.88 bits per heavy atom. The molecule has 0 bridgehead atoms. The van der Waals surface area contributed by atoms with Crippen molar-refractivity contribution in [1.29, 1.82) is 0 Å². The lowest BCUT2D eigenvalue weighted by atomic mass is 9.85. The van der Waals surface area contributed by atoms with Crippen LogP contribution in [-0.4, -0.2) is 54.2 Å². The molecule has 0 radical (unpaired) electrons. The van der Waals surface area contributed by atoms with Crippen molar-refractivity contribution in [1.82, 2.24) is 15.1 Å². The van der Waals surface area contributed by atoms with Crippen molar-refractivity contribution in [3.05, 3.63) is 71.0 Å². The van der Waals surface area contributed by atoms with Crippen LogP contribution in [0.3, 0.4) is 0 Å². The van der Waals surface area contributed by atoms with Gasteiger partial charge in [0.1, 0.15) is 5.82 Å². The van der Waals surface area contributed by atoms with E-state index in [-0.39, 0.29) is 36.1 Å². The van der Waals surface area contributed by atoms with Crippen molar-refractivity contribution in [2.45, 2.75) is 57.2 Å². The van der Waals surface area contributed by atoms with E-state index >= 15 is 0 Å². The summed E-state index contributed by atoms with van der Waals surface area (Å²) in [6.45, 7) is 3.08. The predicted molar refractivity (Wildman–Crippen MR) is 124 cm³/mol. The van der Waals surface area contributed by atoms with Gasteiger partial charge in [-0.1, -0.05) is 49.7 Å². The van der Waals surface area contributed by atoms with E-state index in [0.717, 1.165) is 30.4 Å². The summed E-state index contributed by atoms with van der Waals surface area (Å²) >= 11 is 0. The lowest BCUT2D eigenvalue weighted by Crippen LogP contribution is -2.57. The highest BCUT2D eigenvalue weighted by Gasteiger charge is 2.38. The molecule has 3 amide bonds. The molecule has 1 aliphatic heterocycles. The molecule has 1 aliphatic carbocycles. The summed E-state index contributed by atoms with van der Waals surface area (Å²) < 4.78 is 18.8. The van der Waals surface area contributed by atoms with Gasteiger partial charge < -0.3 is 19.9 Å². The quantitative estimate of drug-likeness (QED) is 0.634. The van der Waals surface area contributed by atoms with Crippen LogP contribution in [0.4, 0.5) is 14.0 Å². The number of carbonyl (C=O) groups is 2. The SMILES string of the molecule is CCCCOC(=O)N(C)C1CC(NC(=O)N2CCc3ccccc3[C@@H]2c2ccc(F)cc2)C1. The number of fused-ring (bicyclic) bond motifs is 1. The van der Waals surface area contributed by atoms with Gasteiger partial charge in [-0.05, 0) is 54.5 Å². The smallest absolute Gasteiger partial charge is 0.409 e. The highest BCUT2D eigenvalue weighted by atomic mass is 19.1. The first-order valence-corrected chi connectivity index (χ1v) is 11.8. The Balaban J connectivity index is 1.40. The maximum atomic E-state index is 13.5. The van der Waals surface area contributed by atoms with E-state index in [1.54, 1.807) is 24.1 Å². The zero-order chi connectivity index (χ0) is 23.4. The van der Waals surface area contributed by atoms with Gasteiger partial charge >= 0.3 is 12.1 Å². The Morgan fingerprint density at radius 1 is 1.15 bits per heavy atom. The van der Waals surface area contributed by atoms with E-state index in [1.165, 1.54) is 17.7 Å². The zero-order valence-electron chi connectivity index (χ0n) is 19.3. The van der Waals surface area contributed by atoms with Crippen LogP contribution < -0.4 is 5.32 Å². The summed E-state index contributed by atoms with van der Waals surface area (Å²) in [5.41, 5.74) is 3.18. The second kappa shape index (κ2) is 10.2. The number of amides is 3. The standard InChI is InChI=1S/C26H32FN3O3/c1-3-4-15-33-26(32)29(2)22-16-21(17-22)28-25(31)30-14-13-18-7-5-6-8-23(18)24(30)19-9-11-20(27)12-10-19/h5-12,21-22,24H,3-4,13-17H2,1-2H3,(H,28,31)/t21?,22?,24-/m0/s1. The van der Waals surface area contributed by atoms with Crippen LogP contribution in [-0.2, 0) is 11.2 Å². The molecule has 0 spiro atoms. The van der Waals surface area contributed by atoms with Gasteiger partial charge in [0, 0.05) is 25.7 Å². The third-order valence-corrected chi connectivity index (χ3v) is 6.73. The van der Waals surface area contributed by atoms with E-state index < -0.39 is 0 Å². The van der Waals surface area contributed by atoms with Crippen LogP contribution in [0.5, 0.6) is 0 Å². The Kier molecular flexibility index (Phi) is 7.16. The molecule has 6 nitrogen and oxygen atoms in total. The molecule has 2 aromatic carbocycles. The number of urea groups is 1. The van der Waals surface area contributed by atoms with Crippen LogP contribution in [0, 0.1) is 5.82 Å². The summed E-state index contributed by atoms with van der Waals surface area (Å²) in [5.74, 6) is -0.295. The van der Waals surface area contributed by atoms with Gasteiger partial charge in [0.05, 0.1) is 12.6 Å². The molecule has 1 atom stereocenters. The topological polar surface area (TPSA) is 61.9 Å². The molecule has 1 fully saturated rings. The third-order valence-electron chi connectivity index (χ3n) is 6.73. The predicted octanol–water partition coefficient (Wildman–Crippen LogP) is 4.88. The zero-order valence-corrected chi connectivity index (χ0v) is 19.3. The second-order valence-electron chi connectivity index (χ2n) is 8.95. The number of unbranched alkanes of at least 4 members (excludes halogenated alkanes) is 1. The molecule has 0 saturated heterocycles. The number of nitrogens with zero attached hydrogens (tertiary/aromatic N) is 2. The number of nitrogens with one attached hydrogen (secondary N) is 1. The van der Waals surface area contributed by atoms with E-state index in [4.69, 9.17) is 4.74 Å². The summed E-state index contributed by atoms with van der Waals surface area (Å²) in [5, 5.41) is 3.14. The fraction of sp³-hybridized carbons (Fsp3) is 0.462. The van der Waals surface area contributed by atoms with Crippen molar-refractivity contribution in [3.63, 3.8) is 0 Å². The normalized spacial score (nSPS) is 21.5. The molecule has 33 heavy (non-hydrogen) atoms. The number of halogens is 1. The van der Waals surface area contributed by atoms with E-state index in [2.05, 4.69) is 18.3 Å². The van der Waals surface area contributed by atoms with Gasteiger partial charge in [0.25, 0.3) is 0 Å². The lowest BCUT2D eigenvalue weighted by Gasteiger charge is -2.43. The Morgan fingerprint density at radius 3 is 2.61 bits per heavy atom. The number of hydrogen-bond acceptors (Lipinski definition) is 3. The molecule has 176 valence electrons. The van der Waals surface area contributed by atoms with Gasteiger partial charge in [-0.2, -0.15) is 0 Å². The van der Waals surface area contributed by atoms with Crippen LogP contribution in [0.15, 0.2) is 48.5 Å². The minimum atomic E-state index is -0.303. The molecule has 2 aromatic rings. The Hall–Kier alpha value is -3.09. The van der Waals surface area contributed by atoms with Crippen LogP contribution in [0.1, 0.15) is 55.3 Å². The number of rotatable bonds is 6. The van der Waals surface area contributed by atoms with E-state index in [1.807, 2.05) is 23.1 Å². The first kappa shape index (κ1) is 23.1. The van der Waals surface area contributed by atoms with Crippen LogP contribution in [0.25, 0.3) is 0 Å². The van der Waals surface area contributed by atoms with Gasteiger partial charge in [-0.15, -0.1) is 0 Å². The van der Waals surface area contributed by atoms with Gasteiger partial charge in [0.2, 0.25) is 0 Å². The molecular formula is C26H32FN3O3. The maximum absolute atomic E-state index is 13.5. The Labute approximate surface area is 194 Å². The van der Waals surface area contributed by atoms with Crippen molar-refractivity contribution < 1.29 is 18.7 Å². The molecule has 0 unspecified atom stereocenters. The molecule has 7 heteroatoms. The van der Waals surface area contributed by atoms with E-state index in [0.29, 0.717) is 26.0 Å². The maximum Gasteiger partial charge on any atom is 0.409 e. The first-order chi connectivity index (χ1) is 16.0. The molecule has 2 aliphatic rings. The van der Waals surface area contributed by atoms with Crippen molar-refractivity contribution in [3.8, 4) is 0 Å².